The van der Waals surface area contributed by atoms with Gasteiger partial charge in [0.05, 0.1) is 6.61 Å². The van der Waals surface area contributed by atoms with E-state index < -0.39 is 0 Å². The molecule has 1 heterocycles. The van der Waals surface area contributed by atoms with Crippen molar-refractivity contribution in [2.24, 2.45) is 5.92 Å². The lowest BCUT2D eigenvalue weighted by molar-refractivity contribution is -0.125. The van der Waals surface area contributed by atoms with Gasteiger partial charge in [-0.05, 0) is 25.7 Å². The molecular weight excluding hydrogens is 182 g/mol. The van der Waals surface area contributed by atoms with Crippen LogP contribution in [0.1, 0.15) is 19.8 Å². The van der Waals surface area contributed by atoms with Crippen LogP contribution in [0.15, 0.2) is 0 Å². The zero-order chi connectivity index (χ0) is 10.2. The molecule has 14 heavy (non-hydrogen) atoms. The quantitative estimate of drug-likeness (QED) is 0.707. The summed E-state index contributed by atoms with van der Waals surface area (Å²) in [6.45, 7) is 4.98. The van der Waals surface area contributed by atoms with Gasteiger partial charge in [0.15, 0.2) is 0 Å². The summed E-state index contributed by atoms with van der Waals surface area (Å²) in [5.41, 5.74) is 0. The Labute approximate surface area is 85.0 Å². The standard InChI is InChI=1S/C10H19NO3/c1-2-13-8-10(12)11-6-9-4-3-5-14-7-9/h9H,2-8H2,1H3,(H,11,12). The van der Waals surface area contributed by atoms with E-state index in [-0.39, 0.29) is 12.5 Å². The Morgan fingerprint density at radius 2 is 2.50 bits per heavy atom. The van der Waals surface area contributed by atoms with Crippen molar-refractivity contribution in [3.8, 4) is 0 Å². The van der Waals surface area contributed by atoms with Gasteiger partial charge in [0.1, 0.15) is 6.61 Å². The molecule has 4 heteroatoms. The fourth-order valence-electron chi connectivity index (χ4n) is 1.47. The van der Waals surface area contributed by atoms with E-state index in [1.807, 2.05) is 6.92 Å². The molecule has 1 rings (SSSR count). The second-order valence-corrected chi connectivity index (χ2v) is 3.52. The molecule has 1 saturated heterocycles. The van der Waals surface area contributed by atoms with Gasteiger partial charge in [-0.2, -0.15) is 0 Å². The molecule has 1 atom stereocenters. The topological polar surface area (TPSA) is 47.6 Å². The van der Waals surface area contributed by atoms with Crippen molar-refractivity contribution in [2.45, 2.75) is 19.8 Å². The highest BCUT2D eigenvalue weighted by molar-refractivity contribution is 5.77. The fourth-order valence-corrected chi connectivity index (χ4v) is 1.47. The highest BCUT2D eigenvalue weighted by Gasteiger charge is 2.14. The third-order valence-electron chi connectivity index (χ3n) is 2.28. The molecule has 0 aromatic rings. The van der Waals surface area contributed by atoms with E-state index in [0.717, 1.165) is 26.1 Å². The lowest BCUT2D eigenvalue weighted by Gasteiger charge is -2.22. The summed E-state index contributed by atoms with van der Waals surface area (Å²) in [6, 6.07) is 0. The molecule has 0 aliphatic carbocycles. The molecule has 0 radical (unpaired) electrons. The molecule has 4 nitrogen and oxygen atoms in total. The van der Waals surface area contributed by atoms with Gasteiger partial charge in [-0.25, -0.2) is 0 Å². The monoisotopic (exact) mass is 201 g/mol. The highest BCUT2D eigenvalue weighted by Crippen LogP contribution is 2.11. The third kappa shape index (κ3) is 4.58. The third-order valence-corrected chi connectivity index (χ3v) is 2.28. The SMILES string of the molecule is CCOCC(=O)NCC1CCCOC1. The van der Waals surface area contributed by atoms with Crippen molar-refractivity contribution in [1.82, 2.24) is 5.32 Å². The van der Waals surface area contributed by atoms with Crippen LogP contribution in [0.4, 0.5) is 0 Å². The number of hydrogen-bond acceptors (Lipinski definition) is 3. The van der Waals surface area contributed by atoms with Crippen molar-refractivity contribution in [2.75, 3.05) is 33.0 Å². The molecule has 1 unspecified atom stereocenters. The Morgan fingerprint density at radius 3 is 3.14 bits per heavy atom. The Balaban J connectivity index is 2.03. The summed E-state index contributed by atoms with van der Waals surface area (Å²) < 4.78 is 10.3. The number of hydrogen-bond donors (Lipinski definition) is 1. The molecule has 0 spiro atoms. The average molecular weight is 201 g/mol. The summed E-state index contributed by atoms with van der Waals surface area (Å²) in [7, 11) is 0. The zero-order valence-electron chi connectivity index (χ0n) is 8.75. The van der Waals surface area contributed by atoms with Crippen molar-refractivity contribution in [3.05, 3.63) is 0 Å². The summed E-state index contributed by atoms with van der Waals surface area (Å²) in [5, 5.41) is 2.84. The summed E-state index contributed by atoms with van der Waals surface area (Å²) in [5.74, 6) is 0.451. The Hall–Kier alpha value is -0.610. The number of ether oxygens (including phenoxy) is 2. The van der Waals surface area contributed by atoms with Crippen LogP contribution >= 0.6 is 0 Å². The lowest BCUT2D eigenvalue weighted by Crippen LogP contribution is -2.35. The minimum atomic E-state index is -0.0302. The van der Waals surface area contributed by atoms with E-state index in [0.29, 0.717) is 19.1 Å². The van der Waals surface area contributed by atoms with Gasteiger partial charge in [-0.15, -0.1) is 0 Å². The Kier molecular flexibility index (Phi) is 5.56. The van der Waals surface area contributed by atoms with Crippen LogP contribution in [0.25, 0.3) is 0 Å². The summed E-state index contributed by atoms with van der Waals surface area (Å²) >= 11 is 0. The van der Waals surface area contributed by atoms with Gasteiger partial charge in [0.25, 0.3) is 0 Å². The van der Waals surface area contributed by atoms with Crippen LogP contribution in [-0.4, -0.2) is 38.9 Å². The Morgan fingerprint density at radius 1 is 1.64 bits per heavy atom. The number of carbonyl (C=O) groups is 1. The van der Waals surface area contributed by atoms with E-state index >= 15 is 0 Å². The van der Waals surface area contributed by atoms with E-state index in [1.54, 1.807) is 0 Å². The van der Waals surface area contributed by atoms with Crippen molar-refractivity contribution in [1.29, 1.82) is 0 Å². The predicted octanol–water partition coefficient (Wildman–Crippen LogP) is 0.566. The molecule has 1 N–H and O–H groups in total. The minimum absolute atomic E-state index is 0.0302. The molecular formula is C10H19NO3. The normalized spacial score (nSPS) is 21.9. The smallest absolute Gasteiger partial charge is 0.246 e. The second kappa shape index (κ2) is 6.79. The molecule has 1 fully saturated rings. The van der Waals surface area contributed by atoms with Crippen LogP contribution in [0.5, 0.6) is 0 Å². The van der Waals surface area contributed by atoms with Crippen LogP contribution < -0.4 is 5.32 Å². The molecule has 1 amide bonds. The number of carbonyl (C=O) groups excluding carboxylic acids is 1. The van der Waals surface area contributed by atoms with E-state index in [2.05, 4.69) is 5.32 Å². The Bertz CT molecular complexity index is 167. The number of amides is 1. The summed E-state index contributed by atoms with van der Waals surface area (Å²) in [6.07, 6.45) is 2.25. The van der Waals surface area contributed by atoms with Gasteiger partial charge < -0.3 is 14.8 Å². The van der Waals surface area contributed by atoms with Gasteiger partial charge in [-0.3, -0.25) is 4.79 Å². The maximum atomic E-state index is 11.2. The van der Waals surface area contributed by atoms with Crippen LogP contribution in [0, 0.1) is 5.92 Å². The summed E-state index contributed by atoms with van der Waals surface area (Å²) in [4.78, 5) is 11.2. The van der Waals surface area contributed by atoms with Crippen LogP contribution in [-0.2, 0) is 14.3 Å². The largest absolute Gasteiger partial charge is 0.381 e. The maximum absolute atomic E-state index is 11.2. The molecule has 82 valence electrons. The molecule has 0 aromatic heterocycles. The van der Waals surface area contributed by atoms with Crippen LogP contribution in [0.3, 0.4) is 0 Å². The average Bonchev–Trinajstić information content (AvgIpc) is 2.25. The van der Waals surface area contributed by atoms with Crippen molar-refractivity contribution in [3.63, 3.8) is 0 Å². The molecule has 1 aliphatic heterocycles. The molecule has 0 aromatic carbocycles. The first kappa shape index (κ1) is 11.5. The van der Waals surface area contributed by atoms with E-state index in [1.165, 1.54) is 0 Å². The molecule has 0 bridgehead atoms. The zero-order valence-corrected chi connectivity index (χ0v) is 8.75. The highest BCUT2D eigenvalue weighted by atomic mass is 16.5. The van der Waals surface area contributed by atoms with Crippen molar-refractivity contribution >= 4 is 5.91 Å². The first-order valence-corrected chi connectivity index (χ1v) is 5.25. The molecule has 0 saturated carbocycles. The molecule has 1 aliphatic rings. The lowest BCUT2D eigenvalue weighted by atomic mass is 10.0. The fraction of sp³-hybridized carbons (Fsp3) is 0.900. The van der Waals surface area contributed by atoms with Gasteiger partial charge in [0, 0.05) is 19.8 Å². The van der Waals surface area contributed by atoms with Crippen LogP contribution in [0.2, 0.25) is 0 Å². The second-order valence-electron chi connectivity index (χ2n) is 3.52. The van der Waals surface area contributed by atoms with Gasteiger partial charge in [0.2, 0.25) is 5.91 Å². The number of nitrogens with one attached hydrogen (secondary N) is 1. The number of rotatable bonds is 5. The van der Waals surface area contributed by atoms with Gasteiger partial charge >= 0.3 is 0 Å². The maximum Gasteiger partial charge on any atom is 0.246 e. The van der Waals surface area contributed by atoms with Gasteiger partial charge in [-0.1, -0.05) is 0 Å². The first-order valence-electron chi connectivity index (χ1n) is 5.25. The predicted molar refractivity (Wildman–Crippen MR) is 53.0 cm³/mol. The van der Waals surface area contributed by atoms with E-state index in [9.17, 15) is 4.79 Å². The first-order chi connectivity index (χ1) is 6.83. The minimum Gasteiger partial charge on any atom is -0.381 e. The van der Waals surface area contributed by atoms with Crippen molar-refractivity contribution < 1.29 is 14.3 Å². The van der Waals surface area contributed by atoms with E-state index in [4.69, 9.17) is 9.47 Å².